The maximum Gasteiger partial charge on any atom is 0.315 e. The fourth-order valence-electron chi connectivity index (χ4n) is 1.96. The molecule has 0 aliphatic carbocycles. The third kappa shape index (κ3) is 2.61. The molecule has 2 N–H and O–H groups in total. The van der Waals surface area contributed by atoms with Gasteiger partial charge in [-0.15, -0.1) is 0 Å². The molecular weight excluding hydrogens is 164 g/mol. The predicted octanol–water partition coefficient (Wildman–Crippen LogP) is 1.88. The second-order valence-electron chi connectivity index (χ2n) is 4.05. The predicted molar refractivity (Wildman–Crippen MR) is 53.6 cm³/mol. The molecule has 0 aromatic carbocycles. The number of hydrogen-bond donors (Lipinski definition) is 2. The summed E-state index contributed by atoms with van der Waals surface area (Å²) in [6.07, 6.45) is 3.68. The Labute approximate surface area is 80.3 Å². The van der Waals surface area contributed by atoms with Crippen LogP contribution in [-0.2, 0) is 0 Å². The lowest BCUT2D eigenvalue weighted by atomic mass is 9.92. The molecule has 76 valence electrons. The van der Waals surface area contributed by atoms with Crippen LogP contribution in [-0.4, -0.2) is 18.1 Å². The molecule has 3 atom stereocenters. The molecule has 0 radical (unpaired) electrons. The molecule has 1 fully saturated rings. The second kappa shape index (κ2) is 4.49. The van der Waals surface area contributed by atoms with Crippen LogP contribution in [0, 0.1) is 5.92 Å². The van der Waals surface area contributed by atoms with Crippen LogP contribution in [0.5, 0.6) is 0 Å². The molecule has 1 unspecified atom stereocenters. The van der Waals surface area contributed by atoms with Gasteiger partial charge in [0.1, 0.15) is 0 Å². The Kier molecular flexibility index (Phi) is 3.58. The van der Waals surface area contributed by atoms with Gasteiger partial charge in [0, 0.05) is 6.04 Å². The topological polar surface area (TPSA) is 41.1 Å². The molecule has 0 bridgehead atoms. The standard InChI is InChI=1S/C10H20N2O/c1-4-5-6-7(2)9-8(3)11-10(13)12-9/h7-9H,4-6H2,1-3H3,(H2,11,12,13)/t7?,8-,9+/m0/s1. The molecule has 1 rings (SSSR count). The molecule has 2 amide bonds. The summed E-state index contributed by atoms with van der Waals surface area (Å²) in [5.74, 6) is 0.578. The first kappa shape index (κ1) is 10.4. The Morgan fingerprint density at radius 3 is 2.62 bits per heavy atom. The molecule has 3 nitrogen and oxygen atoms in total. The largest absolute Gasteiger partial charge is 0.334 e. The van der Waals surface area contributed by atoms with Crippen molar-refractivity contribution in [2.75, 3.05) is 0 Å². The third-order valence-corrected chi connectivity index (χ3v) is 2.82. The molecule has 0 aromatic rings. The first-order valence-electron chi connectivity index (χ1n) is 5.22. The van der Waals surface area contributed by atoms with Crippen LogP contribution in [0.4, 0.5) is 4.79 Å². The van der Waals surface area contributed by atoms with Crippen LogP contribution in [0.25, 0.3) is 0 Å². The van der Waals surface area contributed by atoms with Crippen LogP contribution in [0.2, 0.25) is 0 Å². The minimum atomic E-state index is -0.0131. The summed E-state index contributed by atoms with van der Waals surface area (Å²) in [5, 5.41) is 5.84. The number of carbonyl (C=O) groups is 1. The van der Waals surface area contributed by atoms with Gasteiger partial charge < -0.3 is 10.6 Å². The molecule has 1 heterocycles. The second-order valence-corrected chi connectivity index (χ2v) is 4.05. The minimum absolute atomic E-state index is 0.0131. The van der Waals surface area contributed by atoms with Crippen molar-refractivity contribution in [3.8, 4) is 0 Å². The average molecular weight is 184 g/mol. The SMILES string of the molecule is CCCCC(C)[C@H]1NC(=O)N[C@H]1C. The van der Waals surface area contributed by atoms with E-state index in [0.29, 0.717) is 12.0 Å². The quantitative estimate of drug-likeness (QED) is 0.688. The molecule has 3 heteroatoms. The summed E-state index contributed by atoms with van der Waals surface area (Å²) >= 11 is 0. The van der Waals surface area contributed by atoms with Gasteiger partial charge in [-0.1, -0.05) is 26.7 Å². The maximum absolute atomic E-state index is 11.0. The fourth-order valence-corrected chi connectivity index (χ4v) is 1.96. The highest BCUT2D eigenvalue weighted by atomic mass is 16.2. The van der Waals surface area contributed by atoms with Gasteiger partial charge in [-0.05, 0) is 19.3 Å². The highest BCUT2D eigenvalue weighted by Crippen LogP contribution is 2.17. The monoisotopic (exact) mass is 184 g/mol. The first-order chi connectivity index (χ1) is 6.15. The molecule has 13 heavy (non-hydrogen) atoms. The Balaban J connectivity index is 2.37. The lowest BCUT2D eigenvalue weighted by Gasteiger charge is -2.21. The van der Waals surface area contributed by atoms with Crippen molar-refractivity contribution in [2.24, 2.45) is 5.92 Å². The molecule has 0 aromatic heterocycles. The summed E-state index contributed by atoms with van der Waals surface area (Å²) in [4.78, 5) is 11.0. The Morgan fingerprint density at radius 1 is 1.46 bits per heavy atom. The fraction of sp³-hybridized carbons (Fsp3) is 0.900. The van der Waals surface area contributed by atoms with Crippen molar-refractivity contribution < 1.29 is 4.79 Å². The summed E-state index contributed by atoms with van der Waals surface area (Å²) in [5.41, 5.74) is 0. The molecule has 1 aliphatic heterocycles. The zero-order valence-corrected chi connectivity index (χ0v) is 8.76. The zero-order valence-electron chi connectivity index (χ0n) is 8.76. The molecular formula is C10H20N2O. The van der Waals surface area contributed by atoms with Gasteiger partial charge in [-0.25, -0.2) is 4.79 Å². The molecule has 0 saturated carbocycles. The summed E-state index contributed by atoms with van der Waals surface area (Å²) in [6, 6.07) is 0.583. The van der Waals surface area contributed by atoms with E-state index in [1.165, 1.54) is 19.3 Å². The number of amides is 2. The van der Waals surface area contributed by atoms with Crippen molar-refractivity contribution in [2.45, 2.75) is 52.1 Å². The number of carbonyl (C=O) groups excluding carboxylic acids is 1. The van der Waals surface area contributed by atoms with Crippen molar-refractivity contribution in [3.63, 3.8) is 0 Å². The number of urea groups is 1. The lowest BCUT2D eigenvalue weighted by Crippen LogP contribution is -2.37. The van der Waals surface area contributed by atoms with E-state index in [2.05, 4.69) is 31.4 Å². The number of hydrogen-bond acceptors (Lipinski definition) is 1. The van der Waals surface area contributed by atoms with Gasteiger partial charge in [-0.3, -0.25) is 0 Å². The Bertz CT molecular complexity index is 182. The van der Waals surface area contributed by atoms with Crippen LogP contribution in [0.1, 0.15) is 40.0 Å². The van der Waals surface area contributed by atoms with Crippen molar-refractivity contribution in [3.05, 3.63) is 0 Å². The van der Waals surface area contributed by atoms with Gasteiger partial charge in [0.15, 0.2) is 0 Å². The highest BCUT2D eigenvalue weighted by Gasteiger charge is 2.31. The van der Waals surface area contributed by atoms with Crippen LogP contribution < -0.4 is 10.6 Å². The molecule has 1 saturated heterocycles. The number of unbranched alkanes of at least 4 members (excludes halogenated alkanes) is 1. The zero-order chi connectivity index (χ0) is 9.84. The van der Waals surface area contributed by atoms with E-state index in [9.17, 15) is 4.79 Å². The summed E-state index contributed by atoms with van der Waals surface area (Å²) in [7, 11) is 0. The summed E-state index contributed by atoms with van der Waals surface area (Å²) in [6.45, 7) is 6.47. The van der Waals surface area contributed by atoms with Crippen LogP contribution in [0.15, 0.2) is 0 Å². The third-order valence-electron chi connectivity index (χ3n) is 2.82. The van der Waals surface area contributed by atoms with Crippen LogP contribution >= 0.6 is 0 Å². The Hall–Kier alpha value is -0.730. The van der Waals surface area contributed by atoms with Gasteiger partial charge in [0.05, 0.1) is 6.04 Å². The average Bonchev–Trinajstić information content (AvgIpc) is 2.41. The van der Waals surface area contributed by atoms with Crippen molar-refractivity contribution >= 4 is 6.03 Å². The number of rotatable bonds is 4. The smallest absolute Gasteiger partial charge is 0.315 e. The van der Waals surface area contributed by atoms with E-state index in [1.807, 2.05) is 0 Å². The van der Waals surface area contributed by atoms with E-state index >= 15 is 0 Å². The lowest BCUT2D eigenvalue weighted by molar-refractivity contribution is 0.246. The van der Waals surface area contributed by atoms with Gasteiger partial charge in [0.2, 0.25) is 0 Å². The van der Waals surface area contributed by atoms with E-state index in [-0.39, 0.29) is 12.1 Å². The first-order valence-corrected chi connectivity index (χ1v) is 5.22. The van der Waals surface area contributed by atoms with Gasteiger partial charge in [0.25, 0.3) is 0 Å². The van der Waals surface area contributed by atoms with E-state index in [4.69, 9.17) is 0 Å². The maximum atomic E-state index is 11.0. The minimum Gasteiger partial charge on any atom is -0.334 e. The summed E-state index contributed by atoms with van der Waals surface area (Å²) < 4.78 is 0. The van der Waals surface area contributed by atoms with Crippen molar-refractivity contribution in [1.82, 2.24) is 10.6 Å². The molecule has 1 aliphatic rings. The molecule has 0 spiro atoms. The highest BCUT2D eigenvalue weighted by molar-refractivity contribution is 5.77. The van der Waals surface area contributed by atoms with Crippen LogP contribution in [0.3, 0.4) is 0 Å². The van der Waals surface area contributed by atoms with Gasteiger partial charge in [-0.2, -0.15) is 0 Å². The van der Waals surface area contributed by atoms with E-state index < -0.39 is 0 Å². The van der Waals surface area contributed by atoms with E-state index in [0.717, 1.165) is 0 Å². The van der Waals surface area contributed by atoms with E-state index in [1.54, 1.807) is 0 Å². The number of nitrogens with one attached hydrogen (secondary N) is 2. The normalized spacial score (nSPS) is 29.6. The van der Waals surface area contributed by atoms with Crippen molar-refractivity contribution in [1.29, 1.82) is 0 Å². The van der Waals surface area contributed by atoms with Gasteiger partial charge >= 0.3 is 6.03 Å². The Morgan fingerprint density at radius 2 is 2.15 bits per heavy atom.